The average Bonchev–Trinajstić information content (AvgIpc) is 2.04. The van der Waals surface area contributed by atoms with Crippen LogP contribution in [0.15, 0.2) is 0 Å². The molecule has 11 heavy (non-hydrogen) atoms. The van der Waals surface area contributed by atoms with E-state index in [1.165, 1.54) is 0 Å². The second kappa shape index (κ2) is 16.2. The lowest BCUT2D eigenvalue weighted by Gasteiger charge is -1.86. The summed E-state index contributed by atoms with van der Waals surface area (Å²) in [5, 5.41) is 15.9. The lowest BCUT2D eigenvalue weighted by atomic mass is 10.4. The average molecular weight is 159 g/mol. The number of aliphatic hydroxyl groups excluding tert-OH is 1. The molecule has 3 heteroatoms. The lowest BCUT2D eigenvalue weighted by Crippen LogP contribution is -1.84. The van der Waals surface area contributed by atoms with Gasteiger partial charge in [-0.05, 0) is 20.3 Å². The van der Waals surface area contributed by atoms with Crippen LogP contribution < -0.4 is 0 Å². The quantitative estimate of drug-likeness (QED) is 0.629. The van der Waals surface area contributed by atoms with Crippen molar-refractivity contribution in [3.63, 3.8) is 0 Å². The first-order valence-electron chi connectivity index (χ1n) is 3.88. The molecule has 0 aromatic carbocycles. The molecule has 66 valence electrons. The van der Waals surface area contributed by atoms with Crippen molar-refractivity contribution in [2.45, 2.75) is 26.7 Å². The Hall–Kier alpha value is -0.590. The molecule has 0 rings (SSSR count). The molecule has 0 aromatic rings. The molecule has 0 saturated carbocycles. The topological polar surface area (TPSA) is 53.2 Å². The summed E-state index contributed by atoms with van der Waals surface area (Å²) in [4.78, 5) is 0. The van der Waals surface area contributed by atoms with Crippen LogP contribution in [-0.4, -0.2) is 24.9 Å². The van der Waals surface area contributed by atoms with E-state index in [4.69, 9.17) is 15.1 Å². The largest absolute Gasteiger partial charge is 0.396 e. The van der Waals surface area contributed by atoms with E-state index in [2.05, 4.69) is 0 Å². The molecule has 0 radical (unpaired) electrons. The van der Waals surface area contributed by atoms with Crippen molar-refractivity contribution in [3.05, 3.63) is 0 Å². The summed E-state index contributed by atoms with van der Waals surface area (Å²) < 4.78 is 4.83. The van der Waals surface area contributed by atoms with Crippen molar-refractivity contribution >= 4 is 0 Å². The number of ether oxygens (including phenoxy) is 1. The predicted octanol–water partition coefficient (Wildman–Crippen LogP) is 1.33. The number of hydrogen-bond donors (Lipinski definition) is 1. The first-order chi connectivity index (χ1) is 5.33. The third kappa shape index (κ3) is 26.6. The van der Waals surface area contributed by atoms with Gasteiger partial charge in [0.25, 0.3) is 0 Å². The van der Waals surface area contributed by atoms with Crippen LogP contribution in [-0.2, 0) is 4.74 Å². The van der Waals surface area contributed by atoms with Crippen molar-refractivity contribution < 1.29 is 9.84 Å². The number of aliphatic hydroxyl groups is 1. The van der Waals surface area contributed by atoms with E-state index in [-0.39, 0.29) is 6.61 Å². The van der Waals surface area contributed by atoms with Gasteiger partial charge in [-0.3, -0.25) is 0 Å². The zero-order valence-electron chi connectivity index (χ0n) is 7.34. The van der Waals surface area contributed by atoms with Crippen LogP contribution in [0.5, 0.6) is 0 Å². The molecule has 0 aliphatic carbocycles. The molecule has 1 N–H and O–H groups in total. The molecule has 0 bridgehead atoms. The van der Waals surface area contributed by atoms with Crippen LogP contribution in [0, 0.1) is 11.3 Å². The molecule has 0 amide bonds. The zero-order chi connectivity index (χ0) is 8.95. The SMILES string of the molecule is CCOCC.N#CCCCO. The van der Waals surface area contributed by atoms with E-state index in [1.807, 2.05) is 19.9 Å². The second-order valence-corrected chi connectivity index (χ2v) is 1.77. The van der Waals surface area contributed by atoms with Crippen LogP contribution in [0.4, 0.5) is 0 Å². The van der Waals surface area contributed by atoms with Gasteiger partial charge in [0.1, 0.15) is 0 Å². The van der Waals surface area contributed by atoms with Gasteiger partial charge in [0.2, 0.25) is 0 Å². The van der Waals surface area contributed by atoms with Crippen LogP contribution in [0.2, 0.25) is 0 Å². The highest BCUT2D eigenvalue weighted by atomic mass is 16.5. The molecule has 0 unspecified atom stereocenters. The van der Waals surface area contributed by atoms with Gasteiger partial charge in [0.15, 0.2) is 0 Å². The Morgan fingerprint density at radius 1 is 1.36 bits per heavy atom. The first-order valence-corrected chi connectivity index (χ1v) is 3.88. The molecule has 3 nitrogen and oxygen atoms in total. The van der Waals surface area contributed by atoms with E-state index >= 15 is 0 Å². The summed E-state index contributed by atoms with van der Waals surface area (Å²) >= 11 is 0. The number of hydrogen-bond acceptors (Lipinski definition) is 3. The molecule has 0 spiro atoms. The number of nitriles is 1. The summed E-state index contributed by atoms with van der Waals surface area (Å²) in [5.41, 5.74) is 0. The third-order valence-corrected chi connectivity index (χ3v) is 0.855. The number of unbranched alkanes of at least 4 members (excludes halogenated alkanes) is 1. The van der Waals surface area contributed by atoms with Crippen LogP contribution in [0.25, 0.3) is 0 Å². The molecular formula is C8H17NO2. The number of nitrogens with zero attached hydrogens (tertiary/aromatic N) is 1. The number of rotatable bonds is 4. The maximum atomic E-state index is 8.05. The standard InChI is InChI=1S/C4H7NO.C4H10O/c5-3-1-2-4-6;1-3-5-4-2/h6H,1-2,4H2;3-4H2,1-2H3. The van der Waals surface area contributed by atoms with Crippen LogP contribution >= 0.6 is 0 Å². The fourth-order valence-corrected chi connectivity index (χ4v) is 0.362. The van der Waals surface area contributed by atoms with Crippen LogP contribution in [0.3, 0.4) is 0 Å². The maximum absolute atomic E-state index is 8.05. The minimum atomic E-state index is 0.133. The van der Waals surface area contributed by atoms with E-state index in [1.54, 1.807) is 0 Å². The van der Waals surface area contributed by atoms with Gasteiger partial charge in [-0.1, -0.05) is 0 Å². The van der Waals surface area contributed by atoms with Gasteiger partial charge in [0, 0.05) is 26.2 Å². The summed E-state index contributed by atoms with van der Waals surface area (Å²) in [6.45, 7) is 5.80. The van der Waals surface area contributed by atoms with Crippen molar-refractivity contribution in [1.29, 1.82) is 5.26 Å². The minimum absolute atomic E-state index is 0.133. The van der Waals surface area contributed by atoms with Gasteiger partial charge in [-0.2, -0.15) is 5.26 Å². The Kier molecular flexibility index (Phi) is 19.2. The van der Waals surface area contributed by atoms with Crippen LogP contribution in [0.1, 0.15) is 26.7 Å². The highest BCUT2D eigenvalue weighted by molar-refractivity contribution is 4.66. The predicted molar refractivity (Wildman–Crippen MR) is 44.1 cm³/mol. The van der Waals surface area contributed by atoms with E-state index < -0.39 is 0 Å². The minimum Gasteiger partial charge on any atom is -0.396 e. The zero-order valence-corrected chi connectivity index (χ0v) is 7.34. The molecule has 0 aromatic heterocycles. The van der Waals surface area contributed by atoms with E-state index in [0.29, 0.717) is 12.8 Å². The molecule has 0 saturated heterocycles. The smallest absolute Gasteiger partial charge is 0.0622 e. The summed E-state index contributed by atoms with van der Waals surface area (Å²) in [7, 11) is 0. The highest BCUT2D eigenvalue weighted by Gasteiger charge is 1.75. The maximum Gasteiger partial charge on any atom is 0.0622 e. The Morgan fingerprint density at radius 2 is 1.91 bits per heavy atom. The molecule has 0 heterocycles. The third-order valence-electron chi connectivity index (χ3n) is 0.855. The normalized spacial score (nSPS) is 7.82. The summed E-state index contributed by atoms with van der Waals surface area (Å²) in [6.07, 6.45) is 1.08. The van der Waals surface area contributed by atoms with Gasteiger partial charge in [0.05, 0.1) is 6.07 Å². The monoisotopic (exact) mass is 159 g/mol. The van der Waals surface area contributed by atoms with Gasteiger partial charge >= 0.3 is 0 Å². The Labute approximate surface area is 68.6 Å². The van der Waals surface area contributed by atoms with Gasteiger partial charge in [-0.15, -0.1) is 0 Å². The highest BCUT2D eigenvalue weighted by Crippen LogP contribution is 1.79. The Morgan fingerprint density at radius 3 is 2.00 bits per heavy atom. The summed E-state index contributed by atoms with van der Waals surface area (Å²) in [6, 6.07) is 1.91. The fraction of sp³-hybridized carbons (Fsp3) is 0.875. The molecular weight excluding hydrogens is 142 g/mol. The molecule has 0 aliphatic heterocycles. The van der Waals surface area contributed by atoms with Crippen molar-refractivity contribution in [2.24, 2.45) is 0 Å². The molecule has 0 fully saturated rings. The van der Waals surface area contributed by atoms with Gasteiger partial charge < -0.3 is 9.84 Å². The lowest BCUT2D eigenvalue weighted by molar-refractivity contribution is 0.162. The molecule has 0 aliphatic rings. The van der Waals surface area contributed by atoms with Gasteiger partial charge in [-0.25, -0.2) is 0 Å². The summed E-state index contributed by atoms with van der Waals surface area (Å²) in [5.74, 6) is 0. The Bertz CT molecular complexity index is 86.6. The first kappa shape index (κ1) is 13.0. The van der Waals surface area contributed by atoms with E-state index in [0.717, 1.165) is 13.2 Å². The van der Waals surface area contributed by atoms with Crippen molar-refractivity contribution in [3.8, 4) is 6.07 Å². The second-order valence-electron chi connectivity index (χ2n) is 1.77. The fourth-order valence-electron chi connectivity index (χ4n) is 0.362. The Balaban J connectivity index is 0. The van der Waals surface area contributed by atoms with E-state index in [9.17, 15) is 0 Å². The van der Waals surface area contributed by atoms with Crippen molar-refractivity contribution in [2.75, 3.05) is 19.8 Å². The van der Waals surface area contributed by atoms with Crippen molar-refractivity contribution in [1.82, 2.24) is 0 Å². The molecule has 0 atom stereocenters.